The Morgan fingerprint density at radius 1 is 1.16 bits per heavy atom. The van der Waals surface area contributed by atoms with Gasteiger partial charge in [0.15, 0.2) is 0 Å². The van der Waals surface area contributed by atoms with Gasteiger partial charge in [-0.3, -0.25) is 4.90 Å². The largest absolute Gasteiger partial charge is 0.379 e. The molecule has 0 atom stereocenters. The smallest absolute Gasteiger partial charge is 0.314 e. The van der Waals surface area contributed by atoms with Crippen molar-refractivity contribution in [2.75, 3.05) is 39.4 Å². The van der Waals surface area contributed by atoms with Gasteiger partial charge in [0.1, 0.15) is 0 Å². The molecular formula is C20H33N3O2. The molecule has 140 valence electrons. The summed E-state index contributed by atoms with van der Waals surface area (Å²) < 4.78 is 5.39. The molecular weight excluding hydrogens is 314 g/mol. The highest BCUT2D eigenvalue weighted by Gasteiger charge is 2.28. The quantitative estimate of drug-likeness (QED) is 0.797. The Morgan fingerprint density at radius 2 is 1.80 bits per heavy atom. The minimum Gasteiger partial charge on any atom is -0.379 e. The second-order valence-corrected chi connectivity index (χ2v) is 7.67. The van der Waals surface area contributed by atoms with E-state index in [4.69, 9.17) is 4.74 Å². The number of carbonyl (C=O) groups excluding carboxylic acids is 1. The lowest BCUT2D eigenvalue weighted by Gasteiger charge is -2.40. The molecule has 2 N–H and O–H groups in total. The van der Waals surface area contributed by atoms with Crippen LogP contribution in [0.1, 0.15) is 44.7 Å². The Labute approximate surface area is 152 Å². The van der Waals surface area contributed by atoms with Crippen LogP contribution in [-0.4, -0.2) is 55.9 Å². The van der Waals surface area contributed by atoms with E-state index in [1.165, 1.54) is 11.1 Å². The number of amides is 2. The normalized spacial score (nSPS) is 16.0. The first-order valence-corrected chi connectivity index (χ1v) is 9.32. The maximum atomic E-state index is 12.0. The van der Waals surface area contributed by atoms with Crippen molar-refractivity contribution < 1.29 is 9.53 Å². The summed E-state index contributed by atoms with van der Waals surface area (Å²) in [5, 5.41) is 5.95. The van der Waals surface area contributed by atoms with E-state index in [0.29, 0.717) is 19.0 Å². The fraction of sp³-hybridized carbons (Fsp3) is 0.650. The van der Waals surface area contributed by atoms with E-state index in [0.717, 1.165) is 32.7 Å². The predicted octanol–water partition coefficient (Wildman–Crippen LogP) is 2.76. The standard InChI is InChI=1S/C20H33N3O2/c1-16(2)18-7-5-17(6-8-18)9-10-21-19(24)22-15-20(3,4)23-11-13-25-14-12-23/h5-8,16H,9-15H2,1-4H3,(H2,21,22,24). The SMILES string of the molecule is CC(C)c1ccc(CCNC(=O)NCC(C)(C)N2CCOCC2)cc1. The Bertz CT molecular complexity index is 534. The number of carbonyl (C=O) groups is 1. The van der Waals surface area contributed by atoms with Gasteiger partial charge in [0.25, 0.3) is 0 Å². The summed E-state index contributed by atoms with van der Waals surface area (Å²) in [5.74, 6) is 0.549. The molecule has 1 heterocycles. The van der Waals surface area contributed by atoms with E-state index < -0.39 is 0 Å². The second kappa shape index (κ2) is 9.20. The van der Waals surface area contributed by atoms with Gasteiger partial charge in [0.05, 0.1) is 13.2 Å². The second-order valence-electron chi connectivity index (χ2n) is 7.67. The zero-order chi connectivity index (χ0) is 18.3. The van der Waals surface area contributed by atoms with E-state index >= 15 is 0 Å². The fourth-order valence-electron chi connectivity index (χ4n) is 3.03. The molecule has 5 nitrogen and oxygen atoms in total. The lowest BCUT2D eigenvalue weighted by atomic mass is 10.0. The molecule has 1 saturated heterocycles. The van der Waals surface area contributed by atoms with Crippen molar-refractivity contribution in [2.24, 2.45) is 0 Å². The number of hydrogen-bond donors (Lipinski definition) is 2. The van der Waals surface area contributed by atoms with E-state index in [1.54, 1.807) is 0 Å². The molecule has 0 spiro atoms. The zero-order valence-corrected chi connectivity index (χ0v) is 16.1. The Morgan fingerprint density at radius 3 is 2.40 bits per heavy atom. The topological polar surface area (TPSA) is 53.6 Å². The molecule has 0 aromatic heterocycles. The monoisotopic (exact) mass is 347 g/mol. The van der Waals surface area contributed by atoms with Crippen LogP contribution >= 0.6 is 0 Å². The first-order chi connectivity index (χ1) is 11.9. The van der Waals surface area contributed by atoms with Gasteiger partial charge in [0.2, 0.25) is 0 Å². The van der Waals surface area contributed by atoms with Crippen LogP contribution in [0.5, 0.6) is 0 Å². The van der Waals surface area contributed by atoms with Crippen molar-refractivity contribution in [1.29, 1.82) is 0 Å². The van der Waals surface area contributed by atoms with Crippen LogP contribution in [0.2, 0.25) is 0 Å². The third kappa shape index (κ3) is 6.33. The summed E-state index contributed by atoms with van der Waals surface area (Å²) in [6.45, 7) is 13.4. The van der Waals surface area contributed by atoms with Crippen LogP contribution in [0.3, 0.4) is 0 Å². The number of nitrogens with zero attached hydrogens (tertiary/aromatic N) is 1. The number of morpholine rings is 1. The first-order valence-electron chi connectivity index (χ1n) is 9.32. The molecule has 25 heavy (non-hydrogen) atoms. The number of benzene rings is 1. The average Bonchev–Trinajstić information content (AvgIpc) is 2.61. The van der Waals surface area contributed by atoms with Gasteiger partial charge < -0.3 is 15.4 Å². The summed E-state index contributed by atoms with van der Waals surface area (Å²) in [6.07, 6.45) is 0.846. The highest BCUT2D eigenvalue weighted by atomic mass is 16.5. The third-order valence-electron chi connectivity index (χ3n) is 4.89. The molecule has 0 bridgehead atoms. The zero-order valence-electron chi connectivity index (χ0n) is 16.1. The van der Waals surface area contributed by atoms with Gasteiger partial charge in [-0.1, -0.05) is 38.1 Å². The molecule has 5 heteroatoms. The average molecular weight is 348 g/mol. The van der Waals surface area contributed by atoms with Crippen LogP contribution in [0, 0.1) is 0 Å². The molecule has 0 radical (unpaired) electrons. The van der Waals surface area contributed by atoms with Crippen molar-refractivity contribution in [2.45, 2.75) is 45.6 Å². The number of hydrogen-bond acceptors (Lipinski definition) is 3. The summed E-state index contributed by atoms with van der Waals surface area (Å²) >= 11 is 0. The van der Waals surface area contributed by atoms with Gasteiger partial charge in [-0.2, -0.15) is 0 Å². The lowest BCUT2D eigenvalue weighted by molar-refractivity contribution is -0.00874. The van der Waals surface area contributed by atoms with Crippen molar-refractivity contribution in [1.82, 2.24) is 15.5 Å². The van der Waals surface area contributed by atoms with Crippen LogP contribution in [0.15, 0.2) is 24.3 Å². The number of rotatable bonds is 7. The molecule has 1 aliphatic heterocycles. The molecule has 1 fully saturated rings. The van der Waals surface area contributed by atoms with Gasteiger partial charge in [-0.25, -0.2) is 4.79 Å². The summed E-state index contributed by atoms with van der Waals surface area (Å²) in [5.41, 5.74) is 2.53. The third-order valence-corrected chi connectivity index (χ3v) is 4.89. The summed E-state index contributed by atoms with van der Waals surface area (Å²) in [4.78, 5) is 14.4. The number of ether oxygens (including phenoxy) is 1. The van der Waals surface area contributed by atoms with Gasteiger partial charge in [0, 0.05) is 31.7 Å². The molecule has 1 aliphatic rings. The van der Waals surface area contributed by atoms with Crippen LogP contribution in [-0.2, 0) is 11.2 Å². The molecule has 1 aromatic rings. The Balaban J connectivity index is 1.68. The molecule has 2 rings (SSSR count). The van der Waals surface area contributed by atoms with Crippen molar-refractivity contribution >= 4 is 6.03 Å². The highest BCUT2D eigenvalue weighted by Crippen LogP contribution is 2.15. The van der Waals surface area contributed by atoms with Crippen molar-refractivity contribution in [3.8, 4) is 0 Å². The molecule has 0 aliphatic carbocycles. The number of nitrogens with one attached hydrogen (secondary N) is 2. The van der Waals surface area contributed by atoms with Crippen molar-refractivity contribution in [3.63, 3.8) is 0 Å². The van der Waals surface area contributed by atoms with Gasteiger partial charge >= 0.3 is 6.03 Å². The van der Waals surface area contributed by atoms with E-state index in [1.807, 2.05) is 0 Å². The summed E-state index contributed by atoms with van der Waals surface area (Å²) in [6, 6.07) is 8.54. The predicted molar refractivity (Wildman–Crippen MR) is 102 cm³/mol. The molecule has 0 unspecified atom stereocenters. The Kier molecular flexibility index (Phi) is 7.26. The van der Waals surface area contributed by atoms with Gasteiger partial charge in [-0.05, 0) is 37.3 Å². The molecule has 0 saturated carbocycles. The van der Waals surface area contributed by atoms with E-state index in [9.17, 15) is 4.79 Å². The van der Waals surface area contributed by atoms with Crippen LogP contribution in [0.4, 0.5) is 4.79 Å². The van der Waals surface area contributed by atoms with E-state index in [-0.39, 0.29) is 11.6 Å². The summed E-state index contributed by atoms with van der Waals surface area (Å²) in [7, 11) is 0. The fourth-order valence-corrected chi connectivity index (χ4v) is 3.03. The van der Waals surface area contributed by atoms with Crippen LogP contribution in [0.25, 0.3) is 0 Å². The maximum Gasteiger partial charge on any atom is 0.314 e. The lowest BCUT2D eigenvalue weighted by Crippen LogP contribution is -2.56. The van der Waals surface area contributed by atoms with E-state index in [2.05, 4.69) is 67.5 Å². The molecule has 1 aromatic carbocycles. The van der Waals surface area contributed by atoms with Gasteiger partial charge in [-0.15, -0.1) is 0 Å². The molecule has 2 amide bonds. The minimum absolute atomic E-state index is 0.0617. The van der Waals surface area contributed by atoms with Crippen LogP contribution < -0.4 is 10.6 Å². The minimum atomic E-state index is -0.0971. The Hall–Kier alpha value is -1.59. The highest BCUT2D eigenvalue weighted by molar-refractivity contribution is 5.73. The first kappa shape index (κ1) is 19.7. The van der Waals surface area contributed by atoms with Crippen molar-refractivity contribution in [3.05, 3.63) is 35.4 Å². The maximum absolute atomic E-state index is 12.0. The number of urea groups is 1.